The van der Waals surface area contributed by atoms with E-state index < -0.39 is 108 Å². The van der Waals surface area contributed by atoms with E-state index in [1.54, 1.807) is 48.8 Å². The SMILES string of the molecule is CC(=O)N[C@@H](CCCN=C(N)N)C(=O)N[C@H]1CC(=O)NCCCC[C@@H](C(N)=O)NC(=O)[C@H](Cc2c[nH]c3ccccc23)CC(=O)[C@H](CCCN=C(N)N)CC(=O)[C@@H](Cc2ccccc2)NC(=O)[C@@H](Cc2c[nH]c3ccccc23)NC1=O. The van der Waals surface area contributed by atoms with Gasteiger partial charge in [-0.1, -0.05) is 66.7 Å². The Morgan fingerprint density at radius 2 is 1.22 bits per heavy atom. The average Bonchev–Trinajstić information content (AvgIpc) is 4.26. The van der Waals surface area contributed by atoms with Crippen LogP contribution in [0.4, 0.5) is 0 Å². The quantitative estimate of drug-likeness (QED) is 0.0324. The number of benzene rings is 3. The predicted octanol–water partition coefficient (Wildman–Crippen LogP) is 0.554. The number of H-pyrrole nitrogens is 2. The van der Waals surface area contributed by atoms with Gasteiger partial charge >= 0.3 is 0 Å². The van der Waals surface area contributed by atoms with Crippen LogP contribution in [0.5, 0.6) is 0 Å². The third-order valence-electron chi connectivity index (χ3n) is 14.2. The number of nitrogens with zero attached hydrogens (tertiary/aromatic N) is 2. The monoisotopic (exact) mass is 1110 g/mol. The Kier molecular flexibility index (Phi) is 22.9. The topological polar surface area (TPSA) is 412 Å². The molecule has 3 aromatic carbocycles. The van der Waals surface area contributed by atoms with Crippen LogP contribution in [0.2, 0.25) is 0 Å². The molecule has 24 heteroatoms. The van der Waals surface area contributed by atoms with Gasteiger partial charge in [0, 0.05) is 91.9 Å². The van der Waals surface area contributed by atoms with Crippen molar-refractivity contribution in [1.82, 2.24) is 41.9 Å². The van der Waals surface area contributed by atoms with Crippen LogP contribution in [-0.2, 0) is 62.4 Å². The van der Waals surface area contributed by atoms with Crippen molar-refractivity contribution in [2.24, 2.45) is 50.5 Å². The van der Waals surface area contributed by atoms with Gasteiger partial charge in [-0.15, -0.1) is 0 Å². The van der Waals surface area contributed by atoms with Crippen molar-refractivity contribution >= 4 is 86.6 Å². The van der Waals surface area contributed by atoms with Gasteiger partial charge in [0.2, 0.25) is 41.4 Å². The molecule has 24 nitrogen and oxygen atoms in total. The first kappa shape index (κ1) is 61.1. The Balaban J connectivity index is 1.40. The van der Waals surface area contributed by atoms with Crippen molar-refractivity contribution in [1.29, 1.82) is 0 Å². The first-order valence-corrected chi connectivity index (χ1v) is 27.2. The van der Waals surface area contributed by atoms with Crippen molar-refractivity contribution in [2.45, 2.75) is 121 Å². The number of hydrogen-bond acceptors (Lipinski definition) is 11. The van der Waals surface area contributed by atoms with Crippen molar-refractivity contribution < 1.29 is 43.2 Å². The minimum Gasteiger partial charge on any atom is -0.370 e. The number of carbonyl (C=O) groups is 9. The molecule has 432 valence electrons. The summed E-state index contributed by atoms with van der Waals surface area (Å²) in [7, 11) is 0. The molecule has 1 fully saturated rings. The molecule has 2 aromatic heterocycles. The van der Waals surface area contributed by atoms with E-state index in [0.29, 0.717) is 11.1 Å². The summed E-state index contributed by atoms with van der Waals surface area (Å²) in [5.41, 5.74) is 31.7. The number of carbonyl (C=O) groups excluding carboxylic acids is 9. The minimum absolute atomic E-state index is 0.0323. The number of nitrogens with two attached hydrogens (primary N) is 5. The summed E-state index contributed by atoms with van der Waals surface area (Å²) < 4.78 is 0. The molecule has 0 spiro atoms. The second-order valence-corrected chi connectivity index (χ2v) is 20.4. The number of nitrogens with one attached hydrogen (secondary N) is 8. The van der Waals surface area contributed by atoms with Crippen molar-refractivity contribution in [2.75, 3.05) is 19.6 Å². The Hall–Kier alpha value is -9.09. The third kappa shape index (κ3) is 19.1. The minimum atomic E-state index is -1.63. The second kappa shape index (κ2) is 30.3. The number of aromatic amines is 2. The number of fused-ring (bicyclic) bond motifs is 2. The van der Waals surface area contributed by atoms with Gasteiger partial charge in [0.25, 0.3) is 0 Å². The number of aromatic nitrogens is 2. The summed E-state index contributed by atoms with van der Waals surface area (Å²) in [5.74, 6) is -8.64. The maximum Gasteiger partial charge on any atom is 0.243 e. The number of rotatable bonds is 18. The van der Waals surface area contributed by atoms with E-state index in [2.05, 4.69) is 51.9 Å². The maximum atomic E-state index is 15.1. The molecule has 0 saturated carbocycles. The molecule has 7 atom stereocenters. The van der Waals surface area contributed by atoms with Crippen LogP contribution in [0.25, 0.3) is 21.8 Å². The molecule has 3 heterocycles. The van der Waals surface area contributed by atoms with Gasteiger partial charge in [-0.05, 0) is 86.6 Å². The highest BCUT2D eigenvalue weighted by Crippen LogP contribution is 2.27. The van der Waals surface area contributed by atoms with Crippen molar-refractivity contribution in [3.8, 4) is 0 Å². The normalized spacial score (nSPS) is 20.7. The Bertz CT molecular complexity index is 3070. The van der Waals surface area contributed by atoms with Crippen LogP contribution >= 0.6 is 0 Å². The lowest BCUT2D eigenvalue weighted by Crippen LogP contribution is -2.59. The molecular weight excluding hydrogens is 1040 g/mol. The Labute approximate surface area is 468 Å². The molecule has 1 saturated heterocycles. The van der Waals surface area contributed by atoms with E-state index >= 15 is 9.59 Å². The predicted molar refractivity (Wildman–Crippen MR) is 306 cm³/mol. The van der Waals surface area contributed by atoms with Gasteiger partial charge < -0.3 is 70.5 Å². The highest BCUT2D eigenvalue weighted by Gasteiger charge is 2.36. The van der Waals surface area contributed by atoms with Crippen LogP contribution in [0.1, 0.15) is 87.8 Å². The molecule has 0 radical (unpaired) electrons. The van der Waals surface area contributed by atoms with Crippen LogP contribution in [0, 0.1) is 11.8 Å². The van der Waals surface area contributed by atoms with Gasteiger partial charge in [0.1, 0.15) is 30.0 Å². The lowest BCUT2D eigenvalue weighted by atomic mass is 9.83. The summed E-state index contributed by atoms with van der Waals surface area (Å²) in [5, 5.41) is 17.9. The van der Waals surface area contributed by atoms with Crippen molar-refractivity contribution in [3.05, 3.63) is 108 Å². The molecule has 0 unspecified atom stereocenters. The lowest BCUT2D eigenvalue weighted by Gasteiger charge is -2.27. The fraction of sp³-hybridized carbons (Fsp3) is 0.421. The number of amides is 7. The zero-order chi connectivity index (χ0) is 58.4. The van der Waals surface area contributed by atoms with E-state index in [9.17, 15) is 33.6 Å². The smallest absolute Gasteiger partial charge is 0.243 e. The second-order valence-electron chi connectivity index (χ2n) is 20.4. The number of ketones is 2. The largest absolute Gasteiger partial charge is 0.370 e. The number of guanidine groups is 2. The summed E-state index contributed by atoms with van der Waals surface area (Å²) in [6, 6.07) is 16.9. The molecule has 0 aliphatic carbocycles. The maximum absolute atomic E-state index is 15.1. The molecule has 6 rings (SSSR count). The first-order valence-electron chi connectivity index (χ1n) is 27.2. The fourth-order valence-corrected chi connectivity index (χ4v) is 9.94. The van der Waals surface area contributed by atoms with Crippen LogP contribution in [-0.4, -0.2) is 125 Å². The molecule has 81 heavy (non-hydrogen) atoms. The Morgan fingerprint density at radius 1 is 0.630 bits per heavy atom. The average molecular weight is 1110 g/mol. The third-order valence-corrected chi connectivity index (χ3v) is 14.2. The van der Waals surface area contributed by atoms with Crippen LogP contribution in [0.3, 0.4) is 0 Å². The van der Waals surface area contributed by atoms with E-state index in [1.165, 1.54) is 6.92 Å². The van der Waals surface area contributed by atoms with E-state index in [4.69, 9.17) is 28.7 Å². The molecular formula is C57H75N15O9. The molecule has 1 aliphatic rings. The standard InChI is InChI=1S/C57H75N15O9/c1-33(73)68-44(21-12-24-65-57(61)62)53(79)72-47-30-50(76)63-22-10-9-20-43(51(58)77)69-52(78)36(26-37-31-66-41-18-7-5-16-39(37)41)29-48(74)35(15-11-23-64-56(59)60)28-49(75)45(25-34-13-3-2-4-14-34)70-54(80)46(71-55(47)81)27-38-32-67-42-19-8-6-17-40(38)42/h2-8,13-14,16-19,31-32,35-36,43-47,66-67H,9-12,15,20-30H2,1H3,(H2,58,77)(H,63,76)(H,68,73)(H,69,78)(H,70,80)(H,71,81)(H,72,79)(H4,59,60,64)(H4,61,62,65)/t35-,36-,43+,44+,45-,46-,47+/m1/s1. The van der Waals surface area contributed by atoms with E-state index in [-0.39, 0.29) is 102 Å². The van der Waals surface area contributed by atoms with Crippen molar-refractivity contribution in [3.63, 3.8) is 0 Å². The molecule has 0 bridgehead atoms. The number of Topliss-reactive ketones (excluding diaryl/α,β-unsaturated/α-hetero) is 2. The van der Waals surface area contributed by atoms with Gasteiger partial charge in [0.05, 0.1) is 12.5 Å². The zero-order valence-corrected chi connectivity index (χ0v) is 45.5. The van der Waals surface area contributed by atoms with Gasteiger partial charge in [-0.2, -0.15) is 0 Å². The van der Waals surface area contributed by atoms with Gasteiger partial charge in [-0.25, -0.2) is 0 Å². The molecule has 7 amide bonds. The highest BCUT2D eigenvalue weighted by atomic mass is 16.2. The lowest BCUT2D eigenvalue weighted by molar-refractivity contribution is -0.136. The summed E-state index contributed by atoms with van der Waals surface area (Å²) in [6.45, 7) is 1.48. The van der Waals surface area contributed by atoms with E-state index in [0.717, 1.165) is 27.4 Å². The summed E-state index contributed by atoms with van der Waals surface area (Å²) in [6.07, 6.45) is 3.20. The number of hydrogen-bond donors (Lipinski definition) is 13. The number of aliphatic imine (C=N–C) groups is 2. The van der Waals surface area contributed by atoms with Crippen LogP contribution in [0.15, 0.2) is 101 Å². The van der Waals surface area contributed by atoms with E-state index in [1.807, 2.05) is 42.5 Å². The first-order chi connectivity index (χ1) is 38.8. The number of primary amides is 1. The number of para-hydroxylation sites is 2. The summed E-state index contributed by atoms with van der Waals surface area (Å²) >= 11 is 0. The Morgan fingerprint density at radius 3 is 1.85 bits per heavy atom. The molecule has 5 aromatic rings. The summed E-state index contributed by atoms with van der Waals surface area (Å²) in [4.78, 5) is 142. The molecule has 1 aliphatic heterocycles. The fourth-order valence-electron chi connectivity index (χ4n) is 9.94. The zero-order valence-electron chi connectivity index (χ0n) is 45.5. The highest BCUT2D eigenvalue weighted by molar-refractivity contribution is 5.99. The molecule has 18 N–H and O–H groups in total. The van der Waals surface area contributed by atoms with Gasteiger partial charge in [0.15, 0.2) is 17.7 Å². The van der Waals surface area contributed by atoms with Crippen LogP contribution < -0.4 is 60.6 Å². The van der Waals surface area contributed by atoms with Gasteiger partial charge in [-0.3, -0.25) is 53.1 Å².